The van der Waals surface area contributed by atoms with E-state index in [0.29, 0.717) is 11.3 Å². The number of fused-ring (bicyclic) bond motifs is 6. The van der Waals surface area contributed by atoms with E-state index in [1.54, 1.807) is 12.1 Å². The number of nitrogens with zero attached hydrogens (tertiary/aromatic N) is 1. The fourth-order valence-corrected chi connectivity index (χ4v) is 7.57. The second-order valence-corrected chi connectivity index (χ2v) is 13.8. The van der Waals surface area contributed by atoms with Gasteiger partial charge < -0.3 is 24.1 Å². The van der Waals surface area contributed by atoms with E-state index < -0.39 is 24.3 Å². The van der Waals surface area contributed by atoms with Gasteiger partial charge in [-0.05, 0) is 69.0 Å². The van der Waals surface area contributed by atoms with Gasteiger partial charge in [0, 0.05) is 23.5 Å². The lowest BCUT2D eigenvalue weighted by Gasteiger charge is -2.30. The molecule has 0 aromatic heterocycles. The highest BCUT2D eigenvalue weighted by Crippen LogP contribution is 2.46. The van der Waals surface area contributed by atoms with Gasteiger partial charge in [-0.3, -0.25) is 4.90 Å². The first kappa shape index (κ1) is 35.3. The van der Waals surface area contributed by atoms with Crippen molar-refractivity contribution in [3.05, 3.63) is 143 Å². The lowest BCUT2D eigenvalue weighted by atomic mass is 9.98. The van der Waals surface area contributed by atoms with Crippen LogP contribution in [0.4, 0.5) is 9.59 Å². The molecule has 53 heavy (non-hydrogen) atoms. The molecule has 0 fully saturated rings. The molecule has 1 amide bonds. The molecule has 0 saturated heterocycles. The van der Waals surface area contributed by atoms with E-state index in [-0.39, 0.29) is 49.7 Å². The summed E-state index contributed by atoms with van der Waals surface area (Å²) in [5, 5.41) is 10.4. The normalized spacial score (nSPS) is 13.4. The summed E-state index contributed by atoms with van der Waals surface area (Å²) in [6, 6.07) is 35.7. The number of methoxy groups -OCH3 is 1. The molecule has 2 aliphatic carbocycles. The van der Waals surface area contributed by atoms with Crippen LogP contribution in [0.2, 0.25) is 0 Å². The zero-order chi connectivity index (χ0) is 37.1. The van der Waals surface area contributed by atoms with Crippen molar-refractivity contribution in [2.45, 2.75) is 44.7 Å². The van der Waals surface area contributed by atoms with Gasteiger partial charge in [0.05, 0.1) is 13.7 Å². The molecule has 1 unspecified atom stereocenters. The average Bonchev–Trinajstić information content (AvgIpc) is 3.67. The summed E-state index contributed by atoms with van der Waals surface area (Å²) in [4.78, 5) is 41.3. The summed E-state index contributed by atoms with van der Waals surface area (Å²) in [7, 11) is 1.48. The Bertz CT molecular complexity index is 2070. The summed E-state index contributed by atoms with van der Waals surface area (Å²) in [5.74, 6) is -1.12. The fourth-order valence-electron chi connectivity index (χ4n) is 7.57. The minimum atomic E-state index is -1.21. The molecule has 2 aliphatic rings. The Kier molecular flexibility index (Phi) is 10.2. The number of benzene rings is 5. The largest absolute Gasteiger partial charge is 0.513 e. The predicted molar refractivity (Wildman–Crippen MR) is 200 cm³/mol. The number of carbonyl (C=O) groups excluding carboxylic acids is 2. The van der Waals surface area contributed by atoms with Gasteiger partial charge in [-0.15, -0.1) is 0 Å². The van der Waals surface area contributed by atoms with E-state index in [2.05, 4.69) is 12.1 Å². The second kappa shape index (κ2) is 15.3. The molecule has 0 heterocycles. The third-order valence-corrected chi connectivity index (χ3v) is 10.1. The van der Waals surface area contributed by atoms with E-state index >= 15 is 0 Å². The lowest BCUT2D eigenvalue weighted by molar-refractivity contribution is -0.143. The van der Waals surface area contributed by atoms with Crippen molar-refractivity contribution in [1.82, 2.24) is 4.90 Å². The van der Waals surface area contributed by atoms with Crippen LogP contribution in [-0.2, 0) is 20.8 Å². The lowest BCUT2D eigenvalue weighted by Crippen LogP contribution is -2.46. The van der Waals surface area contributed by atoms with Crippen LogP contribution in [0.25, 0.3) is 22.3 Å². The Morgan fingerprint density at radius 1 is 0.679 bits per heavy atom. The maximum atomic E-state index is 14.0. The summed E-state index contributed by atoms with van der Waals surface area (Å²) in [6.45, 7) is 3.64. The number of hydrogen-bond donors (Lipinski definition) is 1. The molecule has 0 spiro atoms. The Hall–Kier alpha value is -6.09. The molecule has 0 radical (unpaired) electrons. The highest BCUT2D eigenvalue weighted by Gasteiger charge is 2.35. The summed E-state index contributed by atoms with van der Waals surface area (Å²) in [5.41, 5.74) is 8.95. The zero-order valence-corrected chi connectivity index (χ0v) is 29.9. The SMILES string of the molecule is COc1ccc(CN(C(=O)OCC2c3ccccc3-c3ccccc32)C(CC(C)C)C(=O)O)c(OC(=O)OCC2c3ccccc3-c3ccccc32)c1. The minimum absolute atomic E-state index is 0.0170. The number of carbonyl (C=O) groups is 3. The van der Waals surface area contributed by atoms with Crippen molar-refractivity contribution in [1.29, 1.82) is 0 Å². The standard InChI is InChI=1S/C44H41NO8/c1-27(2)22-40(42(46)47)45(43(48)51-25-38-34-16-8-4-12-30(34)31-13-5-9-17-35(31)38)24-28-20-21-29(50-3)23-41(28)53-44(49)52-26-39-36-18-10-6-14-32(36)33-15-7-11-19-37(33)39/h4-21,23,27,38-40H,22,24-26H2,1-3H3,(H,46,47). The molecule has 5 aromatic carbocycles. The van der Waals surface area contributed by atoms with Gasteiger partial charge in [-0.1, -0.05) is 111 Å². The van der Waals surface area contributed by atoms with Gasteiger partial charge in [0.25, 0.3) is 0 Å². The van der Waals surface area contributed by atoms with Crippen LogP contribution in [0.3, 0.4) is 0 Å². The molecule has 9 nitrogen and oxygen atoms in total. The molecule has 7 rings (SSSR count). The quantitative estimate of drug-likeness (QED) is 0.101. The van der Waals surface area contributed by atoms with Crippen molar-refractivity contribution in [2.75, 3.05) is 20.3 Å². The number of aliphatic carboxylic acids is 1. The van der Waals surface area contributed by atoms with Crippen LogP contribution in [-0.4, -0.2) is 54.6 Å². The van der Waals surface area contributed by atoms with E-state index in [4.69, 9.17) is 18.9 Å². The molecular formula is C44H41NO8. The number of carboxylic acid groups (broad SMARTS) is 1. The van der Waals surface area contributed by atoms with Crippen molar-refractivity contribution < 1.29 is 38.4 Å². The molecule has 1 atom stereocenters. The zero-order valence-electron chi connectivity index (χ0n) is 29.9. The maximum Gasteiger partial charge on any atom is 0.513 e. The first-order valence-corrected chi connectivity index (χ1v) is 17.8. The van der Waals surface area contributed by atoms with E-state index in [1.165, 1.54) is 18.1 Å². The van der Waals surface area contributed by atoms with Crippen LogP contribution >= 0.6 is 0 Å². The number of amides is 1. The van der Waals surface area contributed by atoms with E-state index in [0.717, 1.165) is 44.5 Å². The van der Waals surface area contributed by atoms with Gasteiger partial charge in [-0.25, -0.2) is 14.4 Å². The van der Waals surface area contributed by atoms with E-state index in [1.807, 2.05) is 98.8 Å². The number of rotatable bonds is 12. The molecule has 0 bridgehead atoms. The van der Waals surface area contributed by atoms with Crippen LogP contribution in [0, 0.1) is 5.92 Å². The molecule has 9 heteroatoms. The van der Waals surface area contributed by atoms with Gasteiger partial charge in [0.2, 0.25) is 0 Å². The van der Waals surface area contributed by atoms with Gasteiger partial charge in [-0.2, -0.15) is 0 Å². The molecule has 0 aliphatic heterocycles. The summed E-state index contributed by atoms with van der Waals surface area (Å²) >= 11 is 0. The predicted octanol–water partition coefficient (Wildman–Crippen LogP) is 9.27. The number of hydrogen-bond acceptors (Lipinski definition) is 7. The van der Waals surface area contributed by atoms with Crippen LogP contribution in [0.5, 0.6) is 11.5 Å². The maximum absolute atomic E-state index is 14.0. The van der Waals surface area contributed by atoms with Crippen LogP contribution in [0.15, 0.2) is 115 Å². The Labute approximate surface area is 308 Å². The second-order valence-electron chi connectivity index (χ2n) is 13.8. The molecular weight excluding hydrogens is 670 g/mol. The van der Waals surface area contributed by atoms with Gasteiger partial charge in [0.15, 0.2) is 0 Å². The van der Waals surface area contributed by atoms with Crippen molar-refractivity contribution >= 4 is 18.2 Å². The highest BCUT2D eigenvalue weighted by atomic mass is 16.7. The highest BCUT2D eigenvalue weighted by molar-refractivity contribution is 5.82. The summed E-state index contributed by atoms with van der Waals surface area (Å²) < 4.78 is 22.9. The molecule has 1 N–H and O–H groups in total. The third kappa shape index (κ3) is 7.20. The van der Waals surface area contributed by atoms with Gasteiger partial charge >= 0.3 is 18.2 Å². The smallest absolute Gasteiger partial charge is 0.497 e. The molecule has 5 aromatic rings. The Balaban J connectivity index is 1.12. The van der Waals surface area contributed by atoms with Crippen LogP contribution < -0.4 is 9.47 Å². The summed E-state index contributed by atoms with van der Waals surface area (Å²) in [6.07, 6.45) is -1.55. The fraction of sp³-hybridized carbons (Fsp3) is 0.250. The van der Waals surface area contributed by atoms with Crippen LogP contribution in [0.1, 0.15) is 59.9 Å². The Morgan fingerprint density at radius 3 is 1.60 bits per heavy atom. The molecule has 270 valence electrons. The minimum Gasteiger partial charge on any atom is -0.497 e. The third-order valence-electron chi connectivity index (χ3n) is 10.1. The monoisotopic (exact) mass is 711 g/mol. The van der Waals surface area contributed by atoms with E-state index in [9.17, 15) is 19.5 Å². The molecule has 0 saturated carbocycles. The average molecular weight is 712 g/mol. The number of carboxylic acids is 1. The topological polar surface area (TPSA) is 112 Å². The van der Waals surface area contributed by atoms with Crippen molar-refractivity contribution in [3.63, 3.8) is 0 Å². The first-order valence-electron chi connectivity index (χ1n) is 17.8. The Morgan fingerprint density at radius 2 is 1.15 bits per heavy atom. The number of ether oxygens (including phenoxy) is 4. The van der Waals surface area contributed by atoms with Crippen molar-refractivity contribution in [3.8, 4) is 33.8 Å². The first-order chi connectivity index (χ1) is 25.7. The van der Waals surface area contributed by atoms with Crippen molar-refractivity contribution in [2.24, 2.45) is 5.92 Å². The van der Waals surface area contributed by atoms with Gasteiger partial charge in [0.1, 0.15) is 30.8 Å².